The molecule has 0 radical (unpaired) electrons. The molecule has 5 aromatic carbocycles. The Bertz CT molecular complexity index is 1320. The first-order chi connectivity index (χ1) is 19.4. The van der Waals surface area contributed by atoms with Gasteiger partial charge in [-0.05, 0) is 47.8 Å². The molecule has 39 heavy (non-hydrogen) atoms. The van der Waals surface area contributed by atoms with Crippen molar-refractivity contribution in [2.24, 2.45) is 0 Å². The monoisotopic (exact) mass is 522 g/mol. The number of hydrogen-bond acceptors (Lipinski definition) is 0. The molecule has 0 amide bonds. The first-order valence-electron chi connectivity index (χ1n) is 13.9. The lowest BCUT2D eigenvalue weighted by atomic mass is 9.71. The molecule has 0 N–H and O–H groups in total. The molecule has 0 spiro atoms. The Morgan fingerprint density at radius 2 is 0.821 bits per heavy atom. The molecule has 1 heteroatoms. The van der Waals surface area contributed by atoms with Gasteiger partial charge >= 0.3 is 0 Å². The van der Waals surface area contributed by atoms with Crippen molar-refractivity contribution in [2.45, 2.75) is 37.5 Å². The molecule has 0 aliphatic heterocycles. The molecular formula is C38H35P. The summed E-state index contributed by atoms with van der Waals surface area (Å²) in [4.78, 5) is 0. The Labute approximate surface area is 235 Å². The van der Waals surface area contributed by atoms with E-state index in [0.717, 1.165) is 12.8 Å². The fraction of sp³-hybridized carbons (Fsp3) is 0.158. The Hall–Kier alpha value is -3.91. The normalized spacial score (nSPS) is 14.1. The summed E-state index contributed by atoms with van der Waals surface area (Å²) >= 11 is 0. The molecule has 0 heterocycles. The van der Waals surface area contributed by atoms with Crippen molar-refractivity contribution in [1.29, 1.82) is 0 Å². The zero-order valence-corrected chi connectivity index (χ0v) is 23.3. The van der Waals surface area contributed by atoms with Crippen molar-refractivity contribution in [2.75, 3.05) is 0 Å². The minimum atomic E-state index is -0.446. The van der Waals surface area contributed by atoms with Crippen LogP contribution in [0.4, 0.5) is 0 Å². The summed E-state index contributed by atoms with van der Waals surface area (Å²) in [6, 6.07) is 53.9. The van der Waals surface area contributed by atoms with Crippen LogP contribution in [0.25, 0.3) is 0 Å². The van der Waals surface area contributed by atoms with Crippen molar-refractivity contribution in [3.05, 3.63) is 163 Å². The van der Waals surface area contributed by atoms with E-state index in [1.807, 2.05) is 0 Å². The Balaban J connectivity index is 0.000000158. The quantitative estimate of drug-likeness (QED) is 0.161. The first-order valence-corrected chi connectivity index (χ1v) is 15.3. The Kier molecular flexibility index (Phi) is 9.41. The van der Waals surface area contributed by atoms with E-state index in [0.29, 0.717) is 0 Å². The number of hydrogen-bond donors (Lipinski definition) is 0. The maximum Gasteiger partial charge on any atom is 0.0811 e. The highest BCUT2D eigenvalue weighted by molar-refractivity contribution is 7.79. The van der Waals surface area contributed by atoms with Gasteiger partial charge in [0.05, 0.1) is 5.41 Å². The second kappa shape index (κ2) is 13.8. The molecular weight excluding hydrogens is 487 g/mol. The molecule has 5 aromatic rings. The van der Waals surface area contributed by atoms with Gasteiger partial charge in [-0.15, -0.1) is 5.92 Å². The lowest BCUT2D eigenvalue weighted by molar-refractivity contribution is 0.531. The van der Waals surface area contributed by atoms with Gasteiger partial charge in [0.2, 0.25) is 0 Å². The van der Waals surface area contributed by atoms with Crippen LogP contribution in [0.5, 0.6) is 0 Å². The molecule has 1 aliphatic carbocycles. The van der Waals surface area contributed by atoms with Gasteiger partial charge in [0.1, 0.15) is 0 Å². The molecule has 192 valence electrons. The van der Waals surface area contributed by atoms with Crippen molar-refractivity contribution < 1.29 is 0 Å². The van der Waals surface area contributed by atoms with Gasteiger partial charge in [-0.25, -0.2) is 0 Å². The van der Waals surface area contributed by atoms with Crippen LogP contribution in [0.1, 0.15) is 43.2 Å². The van der Waals surface area contributed by atoms with E-state index in [2.05, 4.69) is 164 Å². The van der Waals surface area contributed by atoms with Gasteiger partial charge in [0.15, 0.2) is 0 Å². The second-order valence-electron chi connectivity index (χ2n) is 9.84. The predicted molar refractivity (Wildman–Crippen MR) is 170 cm³/mol. The fourth-order valence-corrected chi connectivity index (χ4v) is 7.58. The minimum absolute atomic E-state index is 0.122. The van der Waals surface area contributed by atoms with Crippen molar-refractivity contribution in [3.8, 4) is 11.8 Å². The van der Waals surface area contributed by atoms with Crippen LogP contribution in [0.2, 0.25) is 0 Å². The van der Waals surface area contributed by atoms with Crippen molar-refractivity contribution >= 4 is 23.8 Å². The predicted octanol–water partition coefficient (Wildman–Crippen LogP) is 8.39. The van der Waals surface area contributed by atoms with E-state index in [4.69, 9.17) is 0 Å². The highest BCUT2D eigenvalue weighted by atomic mass is 31.1. The Morgan fingerprint density at radius 3 is 1.23 bits per heavy atom. The van der Waals surface area contributed by atoms with Gasteiger partial charge in [0, 0.05) is 6.42 Å². The summed E-state index contributed by atoms with van der Waals surface area (Å²) in [7, 11) is -0.446. The van der Waals surface area contributed by atoms with E-state index in [1.165, 1.54) is 46.3 Å². The summed E-state index contributed by atoms with van der Waals surface area (Å²) in [6.45, 7) is 0. The zero-order chi connectivity index (χ0) is 26.6. The average Bonchev–Trinajstić information content (AvgIpc) is 3.01. The average molecular weight is 523 g/mol. The number of benzene rings is 5. The smallest absolute Gasteiger partial charge is 0.0811 e. The van der Waals surface area contributed by atoms with Crippen LogP contribution in [0.15, 0.2) is 152 Å². The molecule has 0 atom stereocenters. The minimum Gasteiger partial charge on any atom is -0.102 e. The van der Waals surface area contributed by atoms with Gasteiger partial charge in [-0.1, -0.05) is 170 Å². The summed E-state index contributed by atoms with van der Waals surface area (Å²) in [5.74, 6) is 7.04. The topological polar surface area (TPSA) is 0 Å². The fourth-order valence-electron chi connectivity index (χ4n) is 5.28. The third-order valence-electron chi connectivity index (χ3n) is 7.23. The highest BCUT2D eigenvalue weighted by Crippen LogP contribution is 2.38. The third kappa shape index (κ3) is 6.75. The summed E-state index contributed by atoms with van der Waals surface area (Å²) < 4.78 is 0. The Morgan fingerprint density at radius 1 is 0.436 bits per heavy atom. The molecule has 0 bridgehead atoms. The van der Waals surface area contributed by atoms with E-state index in [9.17, 15) is 0 Å². The maximum atomic E-state index is 3.62. The van der Waals surface area contributed by atoms with E-state index < -0.39 is 7.92 Å². The summed E-state index contributed by atoms with van der Waals surface area (Å²) in [5.41, 5.74) is 2.55. The second-order valence-corrected chi connectivity index (χ2v) is 12.1. The van der Waals surface area contributed by atoms with E-state index in [1.54, 1.807) is 0 Å². The molecule has 6 rings (SSSR count). The van der Waals surface area contributed by atoms with Crippen molar-refractivity contribution in [1.82, 2.24) is 0 Å². The van der Waals surface area contributed by atoms with Crippen molar-refractivity contribution in [3.63, 3.8) is 0 Å². The van der Waals surface area contributed by atoms with Gasteiger partial charge in [-0.3, -0.25) is 0 Å². The van der Waals surface area contributed by atoms with Crippen LogP contribution in [0.3, 0.4) is 0 Å². The zero-order valence-electron chi connectivity index (χ0n) is 22.4. The molecule has 0 saturated carbocycles. The standard InChI is InChI=1S/C20H20.C18H15P/c1-2-10-16-20(17-11-3-1,18-12-6-4-7-13-18)19-14-8-5-9-15-19;1-4-10-16(11-5-1)19(17-12-6-2-7-13-17)18-14-8-3-9-15-18/h4-9,12-15H,1-3,10,16H2;1-15H. The van der Waals surface area contributed by atoms with Crippen LogP contribution >= 0.6 is 7.92 Å². The SMILES string of the molecule is C1#CC(c2ccccc2)(c2ccccc2)CCCCC1.c1ccc(P(c2ccccc2)c2ccccc2)cc1. The molecule has 0 aromatic heterocycles. The molecule has 0 saturated heterocycles. The molecule has 1 aliphatic rings. The van der Waals surface area contributed by atoms with E-state index in [-0.39, 0.29) is 5.41 Å². The van der Waals surface area contributed by atoms with Crippen LogP contribution in [0, 0.1) is 11.8 Å². The summed E-state index contributed by atoms with van der Waals surface area (Å²) in [6.07, 6.45) is 5.93. The van der Waals surface area contributed by atoms with Crippen LogP contribution in [-0.4, -0.2) is 0 Å². The highest BCUT2D eigenvalue weighted by Gasteiger charge is 2.32. The van der Waals surface area contributed by atoms with E-state index >= 15 is 0 Å². The first kappa shape index (κ1) is 26.7. The van der Waals surface area contributed by atoms with Gasteiger partial charge in [-0.2, -0.15) is 0 Å². The van der Waals surface area contributed by atoms with Gasteiger partial charge < -0.3 is 0 Å². The van der Waals surface area contributed by atoms with Crippen LogP contribution in [-0.2, 0) is 5.41 Å². The lowest BCUT2D eigenvalue weighted by Gasteiger charge is -2.31. The largest absolute Gasteiger partial charge is 0.102 e. The number of rotatable bonds is 5. The van der Waals surface area contributed by atoms with Crippen LogP contribution < -0.4 is 15.9 Å². The third-order valence-corrected chi connectivity index (χ3v) is 9.68. The molecule has 0 unspecified atom stereocenters. The maximum absolute atomic E-state index is 3.62. The molecule has 0 fully saturated rings. The van der Waals surface area contributed by atoms with Gasteiger partial charge in [0.25, 0.3) is 0 Å². The lowest BCUT2D eigenvalue weighted by Crippen LogP contribution is -2.26. The summed E-state index contributed by atoms with van der Waals surface area (Å²) in [5, 5.41) is 4.19. The molecule has 0 nitrogen and oxygen atoms in total.